The predicted molar refractivity (Wildman–Crippen MR) is 82.0 cm³/mol. The van der Waals surface area contributed by atoms with Crippen LogP contribution in [0.3, 0.4) is 0 Å². The maximum absolute atomic E-state index is 13.6. The quantitative estimate of drug-likeness (QED) is 0.879. The van der Waals surface area contributed by atoms with Gasteiger partial charge in [-0.25, -0.2) is 8.78 Å². The number of benzene rings is 2. The summed E-state index contributed by atoms with van der Waals surface area (Å²) in [4.78, 5) is 23.5. The zero-order valence-electron chi connectivity index (χ0n) is 11.9. The van der Waals surface area contributed by atoms with E-state index in [1.54, 1.807) is 24.3 Å². The fraction of sp³-hybridized carbons (Fsp3) is 0.125. The van der Waals surface area contributed by atoms with Gasteiger partial charge in [-0.15, -0.1) is 0 Å². The van der Waals surface area contributed by atoms with Crippen LogP contribution in [0.4, 0.5) is 8.78 Å². The molecule has 0 unspecified atom stereocenters. The minimum Gasteiger partial charge on any atom is -0.368 e. The van der Waals surface area contributed by atoms with Gasteiger partial charge in [0.25, 0.3) is 5.91 Å². The summed E-state index contributed by atoms with van der Waals surface area (Å²) in [6, 6.07) is 8.75. The Morgan fingerprint density at radius 3 is 2.39 bits per heavy atom. The third-order valence-electron chi connectivity index (χ3n) is 3.20. The Bertz CT molecular complexity index is 735. The monoisotopic (exact) mass is 338 g/mol. The maximum Gasteiger partial charge on any atom is 0.255 e. The summed E-state index contributed by atoms with van der Waals surface area (Å²) in [6.07, 6.45) is 0.106. The Kier molecular flexibility index (Phi) is 5.28. The zero-order chi connectivity index (χ0) is 17.0. The Labute approximate surface area is 136 Å². The van der Waals surface area contributed by atoms with Crippen molar-refractivity contribution in [3.8, 4) is 0 Å². The molecule has 23 heavy (non-hydrogen) atoms. The summed E-state index contributed by atoms with van der Waals surface area (Å²) in [5.41, 5.74) is 5.47. The number of rotatable bonds is 5. The molecule has 0 aliphatic rings. The van der Waals surface area contributed by atoms with Gasteiger partial charge >= 0.3 is 0 Å². The van der Waals surface area contributed by atoms with E-state index in [0.717, 1.165) is 12.1 Å². The number of primary amides is 1. The lowest BCUT2D eigenvalue weighted by molar-refractivity contribution is -0.119. The number of hydrogen-bond donors (Lipinski definition) is 2. The van der Waals surface area contributed by atoms with E-state index in [0.29, 0.717) is 10.6 Å². The highest BCUT2D eigenvalue weighted by Gasteiger charge is 2.22. The van der Waals surface area contributed by atoms with Crippen LogP contribution in [0, 0.1) is 11.6 Å². The van der Waals surface area contributed by atoms with Gasteiger partial charge in [-0.05, 0) is 29.8 Å². The van der Waals surface area contributed by atoms with Gasteiger partial charge in [0, 0.05) is 11.4 Å². The molecular formula is C16H13ClF2N2O2. The van der Waals surface area contributed by atoms with Crippen molar-refractivity contribution in [3.63, 3.8) is 0 Å². The van der Waals surface area contributed by atoms with Crippen molar-refractivity contribution in [1.82, 2.24) is 5.32 Å². The van der Waals surface area contributed by atoms with E-state index in [1.165, 1.54) is 6.07 Å². The average molecular weight is 339 g/mol. The van der Waals surface area contributed by atoms with Gasteiger partial charge in [0.15, 0.2) is 11.6 Å². The fourth-order valence-electron chi connectivity index (χ4n) is 1.99. The van der Waals surface area contributed by atoms with Crippen molar-refractivity contribution in [3.05, 3.63) is 70.2 Å². The summed E-state index contributed by atoms with van der Waals surface area (Å²) in [6.45, 7) is 0. The minimum absolute atomic E-state index is 0.106. The first-order valence-electron chi connectivity index (χ1n) is 6.67. The number of halogens is 3. The molecule has 120 valence electrons. The van der Waals surface area contributed by atoms with E-state index in [4.69, 9.17) is 17.3 Å². The molecule has 2 amide bonds. The highest BCUT2D eigenvalue weighted by molar-refractivity contribution is 6.30. The summed E-state index contributed by atoms with van der Waals surface area (Å²) < 4.78 is 26.8. The fourth-order valence-corrected chi connectivity index (χ4v) is 2.12. The molecule has 2 aromatic carbocycles. The molecular weight excluding hydrogens is 326 g/mol. The van der Waals surface area contributed by atoms with E-state index in [1.807, 2.05) is 0 Å². The first-order chi connectivity index (χ1) is 10.9. The highest BCUT2D eigenvalue weighted by atomic mass is 35.5. The first kappa shape index (κ1) is 16.9. The van der Waals surface area contributed by atoms with Crippen molar-refractivity contribution >= 4 is 23.4 Å². The summed E-state index contributed by atoms with van der Waals surface area (Å²) in [5, 5.41) is 2.83. The Morgan fingerprint density at radius 1 is 1.13 bits per heavy atom. The molecule has 3 N–H and O–H groups in total. The second-order valence-corrected chi connectivity index (χ2v) is 5.30. The molecule has 0 radical (unpaired) electrons. The van der Waals surface area contributed by atoms with Crippen molar-refractivity contribution in [2.24, 2.45) is 5.73 Å². The molecule has 0 aliphatic carbocycles. The van der Waals surface area contributed by atoms with E-state index < -0.39 is 35.1 Å². The Balaban J connectivity index is 2.16. The molecule has 0 saturated heterocycles. The molecule has 0 bridgehead atoms. The lowest BCUT2D eigenvalue weighted by atomic mass is 10.0. The van der Waals surface area contributed by atoms with Crippen LogP contribution in [0.5, 0.6) is 0 Å². The number of carbonyl (C=O) groups is 2. The van der Waals surface area contributed by atoms with Crippen molar-refractivity contribution in [2.75, 3.05) is 0 Å². The molecule has 1 atom stereocenters. The molecule has 2 aromatic rings. The molecule has 7 heteroatoms. The Hall–Kier alpha value is -2.47. The third kappa shape index (κ3) is 4.26. The second-order valence-electron chi connectivity index (χ2n) is 4.86. The zero-order valence-corrected chi connectivity index (χ0v) is 12.6. The van der Waals surface area contributed by atoms with Crippen LogP contribution in [0.1, 0.15) is 15.9 Å². The van der Waals surface area contributed by atoms with Crippen molar-refractivity contribution < 1.29 is 18.4 Å². The number of nitrogens with two attached hydrogens (primary N) is 1. The number of nitrogens with one attached hydrogen (secondary N) is 1. The number of carbonyl (C=O) groups excluding carboxylic acids is 2. The van der Waals surface area contributed by atoms with Crippen LogP contribution >= 0.6 is 11.6 Å². The van der Waals surface area contributed by atoms with Crippen LogP contribution in [0.2, 0.25) is 5.02 Å². The van der Waals surface area contributed by atoms with Gasteiger partial charge < -0.3 is 11.1 Å². The molecule has 4 nitrogen and oxygen atoms in total. The smallest absolute Gasteiger partial charge is 0.255 e. The van der Waals surface area contributed by atoms with E-state index >= 15 is 0 Å². The lowest BCUT2D eigenvalue weighted by Gasteiger charge is -2.16. The number of hydrogen-bond acceptors (Lipinski definition) is 2. The van der Waals surface area contributed by atoms with Gasteiger partial charge in [0.2, 0.25) is 5.91 Å². The summed E-state index contributed by atoms with van der Waals surface area (Å²) >= 11 is 5.77. The Morgan fingerprint density at radius 2 is 1.78 bits per heavy atom. The van der Waals surface area contributed by atoms with E-state index in [9.17, 15) is 18.4 Å². The standard InChI is InChI=1S/C16H13ClF2N2O2/c17-10-6-4-9(5-7-10)8-13(15(20)22)21-16(23)11-2-1-3-12(18)14(11)19/h1-7,13H,8H2,(H2,20,22)(H,21,23)/t13-/m1/s1. The second kappa shape index (κ2) is 7.19. The van der Waals surface area contributed by atoms with Crippen LogP contribution in [0.15, 0.2) is 42.5 Å². The molecule has 0 aliphatic heterocycles. The van der Waals surface area contributed by atoms with Gasteiger partial charge in [0.1, 0.15) is 6.04 Å². The molecule has 0 fully saturated rings. The van der Waals surface area contributed by atoms with Crippen molar-refractivity contribution in [2.45, 2.75) is 12.5 Å². The van der Waals surface area contributed by atoms with E-state index in [-0.39, 0.29) is 6.42 Å². The van der Waals surface area contributed by atoms with Crippen LogP contribution in [0.25, 0.3) is 0 Å². The molecule has 0 saturated carbocycles. The highest BCUT2D eigenvalue weighted by Crippen LogP contribution is 2.13. The molecule has 0 aromatic heterocycles. The minimum atomic E-state index is -1.28. The molecule has 2 rings (SSSR count). The van der Waals surface area contributed by atoms with Crippen LogP contribution in [-0.2, 0) is 11.2 Å². The first-order valence-corrected chi connectivity index (χ1v) is 7.05. The summed E-state index contributed by atoms with van der Waals surface area (Å²) in [7, 11) is 0. The third-order valence-corrected chi connectivity index (χ3v) is 3.45. The van der Waals surface area contributed by atoms with Crippen LogP contribution in [-0.4, -0.2) is 17.9 Å². The molecule has 0 heterocycles. The van der Waals surface area contributed by atoms with E-state index in [2.05, 4.69) is 5.32 Å². The molecule has 0 spiro atoms. The van der Waals surface area contributed by atoms with Gasteiger partial charge in [-0.1, -0.05) is 29.8 Å². The van der Waals surface area contributed by atoms with Crippen LogP contribution < -0.4 is 11.1 Å². The van der Waals surface area contributed by atoms with Gasteiger partial charge in [0.05, 0.1) is 5.56 Å². The lowest BCUT2D eigenvalue weighted by Crippen LogP contribution is -2.46. The van der Waals surface area contributed by atoms with Gasteiger partial charge in [-0.2, -0.15) is 0 Å². The summed E-state index contributed by atoms with van der Waals surface area (Å²) in [5.74, 6) is -4.13. The van der Waals surface area contributed by atoms with Gasteiger partial charge in [-0.3, -0.25) is 9.59 Å². The SMILES string of the molecule is NC(=O)[C@@H](Cc1ccc(Cl)cc1)NC(=O)c1cccc(F)c1F. The topological polar surface area (TPSA) is 72.2 Å². The number of amides is 2. The largest absolute Gasteiger partial charge is 0.368 e. The average Bonchev–Trinajstić information content (AvgIpc) is 2.51. The predicted octanol–water partition coefficient (Wildman–Crippen LogP) is 2.44. The van der Waals surface area contributed by atoms with Crippen molar-refractivity contribution in [1.29, 1.82) is 0 Å². The normalized spacial score (nSPS) is 11.8. The maximum atomic E-state index is 13.6.